The Labute approximate surface area is 162 Å². The maximum Gasteiger partial charge on any atom is 0.446 e. The summed E-state index contributed by atoms with van der Waals surface area (Å²) in [7, 11) is 1.15. The van der Waals surface area contributed by atoms with Gasteiger partial charge in [0.05, 0.1) is 26.7 Å². The predicted octanol–water partition coefficient (Wildman–Crippen LogP) is 5.37. The highest BCUT2D eigenvalue weighted by Gasteiger charge is 2.35. The number of rotatable bonds is 4. The molecule has 2 rings (SSSR count). The second-order valence-electron chi connectivity index (χ2n) is 4.76. The van der Waals surface area contributed by atoms with Crippen LogP contribution < -0.4 is 5.73 Å². The van der Waals surface area contributed by atoms with Crippen molar-refractivity contribution in [3.05, 3.63) is 33.4 Å². The summed E-state index contributed by atoms with van der Waals surface area (Å²) in [6, 6.07) is 1.12. The van der Waals surface area contributed by atoms with E-state index in [0.29, 0.717) is 16.8 Å². The molecule has 1 aromatic carbocycles. The van der Waals surface area contributed by atoms with E-state index in [9.17, 15) is 26.3 Å². The second kappa shape index (κ2) is 7.68. The lowest BCUT2D eigenvalue weighted by Crippen LogP contribution is -2.09. The van der Waals surface area contributed by atoms with Crippen molar-refractivity contribution in [3.63, 3.8) is 0 Å². The predicted molar refractivity (Wildman–Crippen MR) is 89.5 cm³/mol. The molecule has 0 atom stereocenters. The molecule has 0 amide bonds. The first-order chi connectivity index (χ1) is 12.3. The van der Waals surface area contributed by atoms with Crippen molar-refractivity contribution in [1.82, 2.24) is 9.78 Å². The van der Waals surface area contributed by atoms with Gasteiger partial charge in [-0.25, -0.2) is 4.68 Å². The third-order valence-electron chi connectivity index (χ3n) is 2.96. The Morgan fingerprint density at radius 2 is 1.74 bits per heavy atom. The zero-order chi connectivity index (χ0) is 20.6. The standard InChI is InChI=1S/C13H8Cl2F6N4OS/c1-26-23-4-8-10(27-13(19,20)21)11(22)25(24-8)9-6(14)2-5(3-7(9)15)12(16,17)18/h2-4H,22H2,1H3/b23-4+. The molecule has 14 heteroatoms. The Morgan fingerprint density at radius 1 is 1.19 bits per heavy atom. The van der Waals surface area contributed by atoms with Crippen molar-refractivity contribution >= 4 is 47.0 Å². The summed E-state index contributed by atoms with van der Waals surface area (Å²) in [5.41, 5.74) is -0.802. The van der Waals surface area contributed by atoms with Gasteiger partial charge in [0.1, 0.15) is 24.3 Å². The number of oxime groups is 1. The van der Waals surface area contributed by atoms with Crippen molar-refractivity contribution in [2.75, 3.05) is 12.8 Å². The molecular weight excluding hydrogens is 445 g/mol. The minimum Gasteiger partial charge on any atom is -0.399 e. The molecular formula is C13H8Cl2F6N4OS. The number of nitrogen functional groups attached to an aromatic ring is 1. The summed E-state index contributed by atoms with van der Waals surface area (Å²) < 4.78 is 77.6. The lowest BCUT2D eigenvalue weighted by molar-refractivity contribution is -0.137. The summed E-state index contributed by atoms with van der Waals surface area (Å²) in [5.74, 6) is -0.543. The van der Waals surface area contributed by atoms with Gasteiger partial charge >= 0.3 is 11.7 Å². The van der Waals surface area contributed by atoms with Crippen LogP contribution in [0.15, 0.2) is 22.2 Å². The lowest BCUT2D eigenvalue weighted by atomic mass is 10.2. The SMILES string of the molecule is CO/N=C/c1nn(-c2c(Cl)cc(C(F)(F)F)cc2Cl)c(N)c1SC(F)(F)F. The number of halogens is 8. The molecule has 0 aliphatic carbocycles. The van der Waals surface area contributed by atoms with E-state index in [1.807, 2.05) is 0 Å². The van der Waals surface area contributed by atoms with Gasteiger partial charge in [0.15, 0.2) is 0 Å². The lowest BCUT2D eigenvalue weighted by Gasteiger charge is -2.13. The number of nitrogens with zero attached hydrogens (tertiary/aromatic N) is 3. The average molecular weight is 453 g/mol. The average Bonchev–Trinajstić information content (AvgIpc) is 2.79. The Balaban J connectivity index is 2.67. The molecule has 27 heavy (non-hydrogen) atoms. The van der Waals surface area contributed by atoms with Crippen LogP contribution in [0.3, 0.4) is 0 Å². The van der Waals surface area contributed by atoms with E-state index >= 15 is 0 Å². The van der Waals surface area contributed by atoms with E-state index in [1.165, 1.54) is 0 Å². The summed E-state index contributed by atoms with van der Waals surface area (Å²) in [4.78, 5) is 3.85. The minimum atomic E-state index is -4.73. The van der Waals surface area contributed by atoms with E-state index in [-0.39, 0.29) is 11.4 Å². The third kappa shape index (κ3) is 4.93. The van der Waals surface area contributed by atoms with Gasteiger partial charge in [0.2, 0.25) is 0 Å². The van der Waals surface area contributed by atoms with Crippen LogP contribution in [-0.2, 0) is 11.0 Å². The fraction of sp³-hybridized carbons (Fsp3) is 0.231. The van der Waals surface area contributed by atoms with Crippen LogP contribution in [0, 0.1) is 0 Å². The number of benzene rings is 1. The van der Waals surface area contributed by atoms with Gasteiger partial charge < -0.3 is 10.6 Å². The Bertz CT molecular complexity index is 858. The topological polar surface area (TPSA) is 65.4 Å². The second-order valence-corrected chi connectivity index (χ2v) is 6.65. The third-order valence-corrected chi connectivity index (χ3v) is 4.39. The maximum absolute atomic E-state index is 12.8. The van der Waals surface area contributed by atoms with Crippen LogP contribution in [0.2, 0.25) is 10.0 Å². The number of nitrogens with two attached hydrogens (primary N) is 1. The van der Waals surface area contributed by atoms with E-state index in [4.69, 9.17) is 28.9 Å². The highest BCUT2D eigenvalue weighted by atomic mass is 35.5. The monoisotopic (exact) mass is 452 g/mol. The van der Waals surface area contributed by atoms with Crippen LogP contribution in [0.4, 0.5) is 32.2 Å². The zero-order valence-corrected chi connectivity index (χ0v) is 15.3. The van der Waals surface area contributed by atoms with Gasteiger partial charge in [-0.3, -0.25) is 0 Å². The fourth-order valence-corrected chi connectivity index (χ4v) is 3.21. The smallest absolute Gasteiger partial charge is 0.399 e. The fourth-order valence-electron chi connectivity index (χ4n) is 1.94. The molecule has 148 valence electrons. The van der Waals surface area contributed by atoms with Gasteiger partial charge in [0.25, 0.3) is 0 Å². The van der Waals surface area contributed by atoms with E-state index in [0.717, 1.165) is 13.3 Å². The number of aromatic nitrogens is 2. The Morgan fingerprint density at radius 3 is 2.19 bits per heavy atom. The van der Waals surface area contributed by atoms with E-state index < -0.39 is 49.8 Å². The normalized spacial score (nSPS) is 12.8. The molecule has 5 nitrogen and oxygen atoms in total. The maximum atomic E-state index is 12.8. The largest absolute Gasteiger partial charge is 0.446 e. The van der Waals surface area contributed by atoms with E-state index in [1.54, 1.807) is 0 Å². The summed E-state index contributed by atoms with van der Waals surface area (Å²) in [5, 5.41) is 6.10. The molecule has 0 radical (unpaired) electrons. The van der Waals surface area contributed by atoms with Gasteiger partial charge in [-0.1, -0.05) is 28.4 Å². The van der Waals surface area contributed by atoms with Crippen LogP contribution >= 0.6 is 35.0 Å². The molecule has 0 spiro atoms. The number of thioether (sulfide) groups is 1. The summed E-state index contributed by atoms with van der Waals surface area (Å²) in [6.45, 7) is 0. The highest BCUT2D eigenvalue weighted by Crippen LogP contribution is 2.44. The van der Waals surface area contributed by atoms with Crippen molar-refractivity contribution in [2.45, 2.75) is 16.6 Å². The van der Waals surface area contributed by atoms with Gasteiger partial charge in [0, 0.05) is 0 Å². The summed E-state index contributed by atoms with van der Waals surface area (Å²) >= 11 is 11.1. The molecule has 0 bridgehead atoms. The molecule has 0 aliphatic rings. The summed E-state index contributed by atoms with van der Waals surface area (Å²) in [6.07, 6.45) is -3.87. The zero-order valence-electron chi connectivity index (χ0n) is 13.0. The van der Waals surface area contributed by atoms with Crippen LogP contribution in [0.25, 0.3) is 5.69 Å². The van der Waals surface area contributed by atoms with Crippen LogP contribution in [0.1, 0.15) is 11.3 Å². The quantitative estimate of drug-likeness (QED) is 0.293. The number of alkyl halides is 6. The first kappa shape index (κ1) is 21.5. The minimum absolute atomic E-state index is 0.315. The molecule has 1 heterocycles. The highest BCUT2D eigenvalue weighted by molar-refractivity contribution is 8.00. The van der Waals surface area contributed by atoms with Gasteiger partial charge in [-0.05, 0) is 23.9 Å². The molecule has 0 aliphatic heterocycles. The Hall–Kier alpha value is -1.79. The van der Waals surface area contributed by atoms with E-state index in [2.05, 4.69) is 15.1 Å². The first-order valence-corrected chi connectivity index (χ1v) is 8.19. The molecule has 2 aromatic rings. The van der Waals surface area contributed by atoms with Crippen molar-refractivity contribution < 1.29 is 31.2 Å². The van der Waals surface area contributed by atoms with Crippen molar-refractivity contribution in [3.8, 4) is 5.69 Å². The molecule has 0 saturated heterocycles. The molecule has 0 unspecified atom stereocenters. The van der Waals surface area contributed by atoms with Crippen molar-refractivity contribution in [2.24, 2.45) is 5.16 Å². The van der Waals surface area contributed by atoms with Crippen molar-refractivity contribution in [1.29, 1.82) is 0 Å². The number of hydrogen-bond acceptors (Lipinski definition) is 5. The molecule has 0 saturated carbocycles. The number of anilines is 1. The van der Waals surface area contributed by atoms with Crippen LogP contribution in [-0.4, -0.2) is 28.6 Å². The van der Waals surface area contributed by atoms with Crippen LogP contribution in [0.5, 0.6) is 0 Å². The molecule has 1 aromatic heterocycles. The molecule has 0 fully saturated rings. The van der Waals surface area contributed by atoms with Gasteiger partial charge in [-0.15, -0.1) is 0 Å². The first-order valence-electron chi connectivity index (χ1n) is 6.62. The van der Waals surface area contributed by atoms with Gasteiger partial charge in [-0.2, -0.15) is 31.4 Å². The molecule has 2 N–H and O–H groups in total. The number of hydrogen-bond donors (Lipinski definition) is 1. The Kier molecular flexibility index (Phi) is 6.12.